The molecule has 0 radical (unpaired) electrons. The molecule has 8 heteroatoms. The van der Waals surface area contributed by atoms with Gasteiger partial charge in [-0.15, -0.1) is 0 Å². The van der Waals surface area contributed by atoms with E-state index in [-0.39, 0.29) is 30.3 Å². The lowest BCUT2D eigenvalue weighted by molar-refractivity contribution is -0.114. The second kappa shape index (κ2) is 7.96. The van der Waals surface area contributed by atoms with E-state index < -0.39 is 17.2 Å². The highest BCUT2D eigenvalue weighted by Crippen LogP contribution is 2.40. The maximum absolute atomic E-state index is 12.1. The van der Waals surface area contributed by atoms with E-state index in [0.717, 1.165) is 25.4 Å². The van der Waals surface area contributed by atoms with Crippen LogP contribution in [-0.4, -0.2) is 47.9 Å². The summed E-state index contributed by atoms with van der Waals surface area (Å²) in [4.78, 5) is 23.7. The van der Waals surface area contributed by atoms with Gasteiger partial charge in [0.05, 0.1) is 16.7 Å². The zero-order chi connectivity index (χ0) is 21.4. The second-order valence-electron chi connectivity index (χ2n) is 10.5. The van der Waals surface area contributed by atoms with Crippen molar-refractivity contribution in [2.45, 2.75) is 109 Å². The summed E-state index contributed by atoms with van der Waals surface area (Å²) in [6, 6.07) is -0.193. The summed E-state index contributed by atoms with van der Waals surface area (Å²) in [5, 5.41) is 2.89. The van der Waals surface area contributed by atoms with Crippen molar-refractivity contribution in [3.05, 3.63) is 0 Å². The van der Waals surface area contributed by atoms with Crippen LogP contribution in [0.4, 0.5) is 4.79 Å². The molecule has 160 valence electrons. The van der Waals surface area contributed by atoms with E-state index in [1.54, 1.807) is 0 Å². The van der Waals surface area contributed by atoms with Gasteiger partial charge in [0.2, 0.25) is 0 Å². The number of rotatable bonds is 5. The Kier molecular flexibility index (Phi) is 6.58. The molecular weight excluding hydrogens is 359 g/mol. The fraction of sp³-hybridized carbons (Fsp3) is 0.900. The Morgan fingerprint density at radius 1 is 1.21 bits per heavy atom. The van der Waals surface area contributed by atoms with Crippen LogP contribution in [0.3, 0.4) is 0 Å². The SMILES string of the molecule is CC(C)(C)OC(=O)NC1CC(CCB2OC(C)(C)C(C)(C)O2)CC(N)(C=O)C1. The first-order valence-corrected chi connectivity index (χ1v) is 10.3. The first-order chi connectivity index (χ1) is 12.6. The van der Waals surface area contributed by atoms with Crippen LogP contribution in [0.2, 0.25) is 6.32 Å². The van der Waals surface area contributed by atoms with Crippen molar-refractivity contribution in [2.75, 3.05) is 0 Å². The summed E-state index contributed by atoms with van der Waals surface area (Å²) >= 11 is 0. The molecule has 3 atom stereocenters. The topological polar surface area (TPSA) is 99.9 Å². The maximum atomic E-state index is 12.1. The summed E-state index contributed by atoms with van der Waals surface area (Å²) in [5.74, 6) is 0.197. The normalized spacial score (nSPS) is 32.1. The van der Waals surface area contributed by atoms with Crippen molar-refractivity contribution in [2.24, 2.45) is 11.7 Å². The van der Waals surface area contributed by atoms with Crippen LogP contribution in [0, 0.1) is 5.92 Å². The number of hydrogen-bond donors (Lipinski definition) is 2. The Balaban J connectivity index is 1.94. The lowest BCUT2D eigenvalue weighted by Gasteiger charge is -2.39. The Bertz CT molecular complexity index is 574. The van der Waals surface area contributed by atoms with E-state index in [9.17, 15) is 9.59 Å². The largest absolute Gasteiger partial charge is 0.457 e. The minimum Gasteiger partial charge on any atom is -0.444 e. The van der Waals surface area contributed by atoms with Gasteiger partial charge in [-0.25, -0.2) is 4.79 Å². The second-order valence-corrected chi connectivity index (χ2v) is 10.5. The fourth-order valence-corrected chi connectivity index (χ4v) is 4.00. The minimum atomic E-state index is -0.932. The first-order valence-electron chi connectivity index (χ1n) is 10.3. The molecule has 3 unspecified atom stereocenters. The predicted molar refractivity (Wildman–Crippen MR) is 109 cm³/mol. The molecule has 1 heterocycles. The predicted octanol–water partition coefficient (Wildman–Crippen LogP) is 3.06. The molecule has 0 spiro atoms. The van der Waals surface area contributed by atoms with Crippen LogP contribution in [-0.2, 0) is 18.8 Å². The van der Waals surface area contributed by atoms with Crippen molar-refractivity contribution in [1.29, 1.82) is 0 Å². The van der Waals surface area contributed by atoms with Crippen LogP contribution < -0.4 is 11.1 Å². The molecule has 1 saturated heterocycles. The van der Waals surface area contributed by atoms with Crippen LogP contribution >= 0.6 is 0 Å². The van der Waals surface area contributed by atoms with E-state index >= 15 is 0 Å². The molecule has 2 rings (SSSR count). The van der Waals surface area contributed by atoms with E-state index in [1.807, 2.05) is 48.5 Å². The average Bonchev–Trinajstić information content (AvgIpc) is 2.70. The van der Waals surface area contributed by atoms with E-state index in [0.29, 0.717) is 12.8 Å². The Hall–Kier alpha value is -1.12. The first kappa shape index (κ1) is 23.2. The molecular formula is C20H37BN2O5. The fourth-order valence-electron chi connectivity index (χ4n) is 4.00. The molecule has 1 saturated carbocycles. The van der Waals surface area contributed by atoms with Gasteiger partial charge in [-0.05, 0) is 80.0 Å². The third-order valence-electron chi connectivity index (χ3n) is 5.98. The quantitative estimate of drug-likeness (QED) is 0.547. The molecule has 0 aromatic heterocycles. The summed E-state index contributed by atoms with van der Waals surface area (Å²) < 4.78 is 17.5. The molecule has 2 fully saturated rings. The van der Waals surface area contributed by atoms with Crippen molar-refractivity contribution in [1.82, 2.24) is 5.32 Å². The summed E-state index contributed by atoms with van der Waals surface area (Å²) in [7, 11) is -0.271. The molecule has 1 aliphatic heterocycles. The molecule has 0 aromatic rings. The number of carbonyl (C=O) groups is 2. The average molecular weight is 396 g/mol. The summed E-state index contributed by atoms with van der Waals surface area (Å²) in [6.07, 6.45) is 3.66. The van der Waals surface area contributed by atoms with Crippen LogP contribution in [0.1, 0.15) is 74.1 Å². The van der Waals surface area contributed by atoms with Crippen LogP contribution in [0.5, 0.6) is 0 Å². The molecule has 28 heavy (non-hydrogen) atoms. The van der Waals surface area contributed by atoms with Gasteiger partial charge in [-0.2, -0.15) is 0 Å². The van der Waals surface area contributed by atoms with Gasteiger partial charge >= 0.3 is 13.2 Å². The van der Waals surface area contributed by atoms with Gasteiger partial charge in [-0.1, -0.05) is 6.42 Å². The van der Waals surface area contributed by atoms with E-state index in [1.165, 1.54) is 0 Å². The Morgan fingerprint density at radius 3 is 2.29 bits per heavy atom. The highest BCUT2D eigenvalue weighted by molar-refractivity contribution is 6.45. The molecule has 0 bridgehead atoms. The number of amides is 1. The zero-order valence-corrected chi connectivity index (χ0v) is 18.5. The maximum Gasteiger partial charge on any atom is 0.457 e. The number of carbonyl (C=O) groups excluding carboxylic acids is 2. The molecule has 2 aliphatic rings. The van der Waals surface area contributed by atoms with Crippen molar-refractivity contribution in [3.63, 3.8) is 0 Å². The monoisotopic (exact) mass is 396 g/mol. The summed E-state index contributed by atoms with van der Waals surface area (Å²) in [5.41, 5.74) is 4.08. The van der Waals surface area contributed by atoms with Crippen LogP contribution in [0.15, 0.2) is 0 Å². The lowest BCUT2D eigenvalue weighted by atomic mass is 9.70. The number of alkyl carbamates (subject to hydrolysis) is 1. The molecule has 1 amide bonds. The minimum absolute atomic E-state index is 0.193. The number of aldehydes is 1. The molecule has 0 aromatic carbocycles. The van der Waals surface area contributed by atoms with Gasteiger partial charge in [0, 0.05) is 6.04 Å². The van der Waals surface area contributed by atoms with Crippen molar-refractivity contribution in [3.8, 4) is 0 Å². The zero-order valence-electron chi connectivity index (χ0n) is 18.5. The number of nitrogens with one attached hydrogen (secondary N) is 1. The number of hydrogen-bond acceptors (Lipinski definition) is 6. The molecule has 3 N–H and O–H groups in total. The highest BCUT2D eigenvalue weighted by Gasteiger charge is 2.51. The molecule has 1 aliphatic carbocycles. The lowest BCUT2D eigenvalue weighted by Crippen LogP contribution is -2.54. The van der Waals surface area contributed by atoms with E-state index in [2.05, 4.69) is 5.32 Å². The van der Waals surface area contributed by atoms with Gasteiger partial charge in [0.1, 0.15) is 11.9 Å². The Morgan fingerprint density at radius 2 is 1.79 bits per heavy atom. The number of ether oxygens (including phenoxy) is 1. The number of nitrogens with two attached hydrogens (primary N) is 1. The van der Waals surface area contributed by atoms with Gasteiger partial charge in [-0.3, -0.25) is 0 Å². The van der Waals surface area contributed by atoms with Gasteiger partial charge in [0.15, 0.2) is 0 Å². The van der Waals surface area contributed by atoms with Crippen LogP contribution in [0.25, 0.3) is 0 Å². The van der Waals surface area contributed by atoms with Crippen molar-refractivity contribution >= 4 is 19.5 Å². The standard InChI is InChI=1S/C20H37BN2O5/c1-17(2,3)26-16(25)23-15-10-14(11-20(22,12-15)13-24)8-9-21-27-18(4,5)19(6,7)28-21/h13-15H,8-12,22H2,1-7H3,(H,23,25). The van der Waals surface area contributed by atoms with Crippen molar-refractivity contribution < 1.29 is 23.6 Å². The van der Waals surface area contributed by atoms with E-state index in [4.69, 9.17) is 19.8 Å². The Labute approximate surface area is 169 Å². The smallest absolute Gasteiger partial charge is 0.444 e. The van der Waals surface area contributed by atoms with Gasteiger partial charge in [0.25, 0.3) is 0 Å². The third kappa shape index (κ3) is 5.94. The third-order valence-corrected chi connectivity index (χ3v) is 5.98. The molecule has 7 nitrogen and oxygen atoms in total. The van der Waals surface area contributed by atoms with Gasteiger partial charge < -0.3 is 29.9 Å². The summed E-state index contributed by atoms with van der Waals surface area (Å²) in [6.45, 7) is 13.6. The highest BCUT2D eigenvalue weighted by atomic mass is 16.7.